The molecule has 3 nitrogen and oxygen atoms in total. The highest BCUT2D eigenvalue weighted by Gasteiger charge is 2.61. The highest BCUT2D eigenvalue weighted by molar-refractivity contribution is 5.26. The Kier molecular flexibility index (Phi) is 3.45. The lowest BCUT2D eigenvalue weighted by atomic mass is 9.47. The Morgan fingerprint density at radius 1 is 1.22 bits per heavy atom. The highest BCUT2D eigenvalue weighted by atomic mass is 16.3. The van der Waals surface area contributed by atoms with Gasteiger partial charge in [0.05, 0.1) is 24.2 Å². The van der Waals surface area contributed by atoms with Crippen LogP contribution in [0, 0.1) is 45.8 Å². The standard InChI is InChI=1S/C20H29NO2/c1-19-7-5-14(22)10-13(19)3-4-15-16(19)6-8-20(2)17(23)9-12(11-21)18(15)20/h3,12,14-18,22-23H,4-10H2,1-2H3/t12-,14-,15+,16-,17-,18-,19-,20+/m0/s1. The smallest absolute Gasteiger partial charge is 0.0660 e. The van der Waals surface area contributed by atoms with Gasteiger partial charge < -0.3 is 10.2 Å². The van der Waals surface area contributed by atoms with Gasteiger partial charge in [-0.25, -0.2) is 0 Å². The van der Waals surface area contributed by atoms with Crippen molar-refractivity contribution in [2.75, 3.05) is 0 Å². The van der Waals surface area contributed by atoms with Crippen molar-refractivity contribution in [2.45, 2.75) is 71.0 Å². The van der Waals surface area contributed by atoms with Gasteiger partial charge in [-0.1, -0.05) is 25.5 Å². The van der Waals surface area contributed by atoms with E-state index in [9.17, 15) is 15.5 Å². The molecule has 4 rings (SSSR count). The Hall–Kier alpha value is -0.850. The van der Waals surface area contributed by atoms with Gasteiger partial charge in [-0.15, -0.1) is 0 Å². The molecule has 126 valence electrons. The number of nitriles is 1. The molecule has 4 aliphatic carbocycles. The zero-order chi connectivity index (χ0) is 16.4. The zero-order valence-electron chi connectivity index (χ0n) is 14.3. The van der Waals surface area contributed by atoms with Crippen LogP contribution < -0.4 is 0 Å². The summed E-state index contributed by atoms with van der Waals surface area (Å²) < 4.78 is 0. The SMILES string of the molecule is C[C@]12CC[C@H]3[C@@H](CC=C4C[C@@H](O)CC[C@@]43C)[C@@H]1[C@H](C#N)C[C@@H]2O. The molecule has 0 unspecified atom stereocenters. The van der Waals surface area contributed by atoms with E-state index in [-0.39, 0.29) is 29.0 Å². The Labute approximate surface area is 139 Å². The minimum absolute atomic E-state index is 0.00975. The number of hydrogen-bond acceptors (Lipinski definition) is 3. The molecule has 0 aromatic rings. The molecule has 2 N–H and O–H groups in total. The Bertz CT molecular complexity index is 579. The third-order valence-electron chi connectivity index (χ3n) is 8.21. The molecule has 3 saturated carbocycles. The largest absolute Gasteiger partial charge is 0.393 e. The van der Waals surface area contributed by atoms with Crippen molar-refractivity contribution < 1.29 is 10.2 Å². The van der Waals surface area contributed by atoms with E-state index < -0.39 is 0 Å². The van der Waals surface area contributed by atoms with Gasteiger partial charge in [-0.2, -0.15) is 5.26 Å². The first-order valence-corrected chi connectivity index (χ1v) is 9.35. The lowest BCUT2D eigenvalue weighted by molar-refractivity contribution is -0.0755. The second kappa shape index (κ2) is 5.07. The van der Waals surface area contributed by atoms with E-state index in [2.05, 4.69) is 26.0 Å². The molecule has 0 amide bonds. The van der Waals surface area contributed by atoms with Gasteiger partial charge in [0.2, 0.25) is 0 Å². The maximum Gasteiger partial charge on any atom is 0.0660 e. The number of hydrogen-bond donors (Lipinski definition) is 2. The Balaban J connectivity index is 1.72. The van der Waals surface area contributed by atoms with Crippen molar-refractivity contribution in [3.05, 3.63) is 11.6 Å². The Morgan fingerprint density at radius 2 is 2.00 bits per heavy atom. The molecule has 0 aromatic heterocycles. The summed E-state index contributed by atoms with van der Waals surface area (Å²) in [5.41, 5.74) is 1.60. The van der Waals surface area contributed by atoms with Crippen LogP contribution >= 0.6 is 0 Å². The van der Waals surface area contributed by atoms with Gasteiger partial charge in [0, 0.05) is 0 Å². The summed E-state index contributed by atoms with van der Waals surface area (Å²) in [5, 5.41) is 30.3. The van der Waals surface area contributed by atoms with Crippen LogP contribution in [0.5, 0.6) is 0 Å². The van der Waals surface area contributed by atoms with E-state index >= 15 is 0 Å². The van der Waals surface area contributed by atoms with E-state index in [0.717, 1.165) is 38.5 Å². The summed E-state index contributed by atoms with van der Waals surface area (Å²) in [4.78, 5) is 0. The van der Waals surface area contributed by atoms with Gasteiger partial charge in [-0.3, -0.25) is 0 Å². The van der Waals surface area contributed by atoms with Gasteiger partial charge in [-0.05, 0) is 73.5 Å². The third kappa shape index (κ3) is 2.01. The van der Waals surface area contributed by atoms with E-state index in [1.807, 2.05) is 0 Å². The van der Waals surface area contributed by atoms with E-state index in [1.54, 1.807) is 0 Å². The van der Waals surface area contributed by atoms with Crippen molar-refractivity contribution in [3.63, 3.8) is 0 Å². The summed E-state index contributed by atoms with van der Waals surface area (Å²) in [6.45, 7) is 4.62. The van der Waals surface area contributed by atoms with Crippen LogP contribution in [0.1, 0.15) is 58.8 Å². The average molecular weight is 315 g/mol. The molecule has 4 aliphatic rings. The molecule has 0 saturated heterocycles. The predicted octanol–water partition coefficient (Wildman–Crippen LogP) is 3.42. The van der Waals surface area contributed by atoms with Gasteiger partial charge in [0.15, 0.2) is 0 Å². The van der Waals surface area contributed by atoms with Crippen LogP contribution in [0.15, 0.2) is 11.6 Å². The summed E-state index contributed by atoms with van der Waals surface area (Å²) in [5.74, 6) is 1.49. The first kappa shape index (κ1) is 15.7. The van der Waals surface area contributed by atoms with E-state index in [4.69, 9.17) is 0 Å². The van der Waals surface area contributed by atoms with Crippen LogP contribution in [-0.4, -0.2) is 22.4 Å². The fourth-order valence-corrected chi connectivity index (χ4v) is 6.86. The van der Waals surface area contributed by atoms with E-state index in [1.165, 1.54) is 5.57 Å². The van der Waals surface area contributed by atoms with Crippen molar-refractivity contribution in [3.8, 4) is 6.07 Å². The molecule has 0 aromatic carbocycles. The van der Waals surface area contributed by atoms with Crippen molar-refractivity contribution in [2.24, 2.45) is 34.5 Å². The van der Waals surface area contributed by atoms with E-state index in [0.29, 0.717) is 24.2 Å². The lowest BCUT2D eigenvalue weighted by Crippen LogP contribution is -2.52. The first-order valence-electron chi connectivity index (χ1n) is 9.35. The first-order chi connectivity index (χ1) is 10.9. The van der Waals surface area contributed by atoms with Crippen molar-refractivity contribution >= 4 is 0 Å². The molecule has 0 spiro atoms. The number of aliphatic hydroxyl groups is 2. The van der Waals surface area contributed by atoms with Crippen molar-refractivity contribution in [1.82, 2.24) is 0 Å². The summed E-state index contributed by atoms with van der Waals surface area (Å²) in [6, 6.07) is 2.52. The second-order valence-electron chi connectivity index (χ2n) is 9.11. The molecular weight excluding hydrogens is 286 g/mol. The summed E-state index contributed by atoms with van der Waals surface area (Å²) in [7, 11) is 0. The molecule has 0 radical (unpaired) electrons. The molecule has 8 atom stereocenters. The van der Waals surface area contributed by atoms with Crippen LogP contribution in [0.4, 0.5) is 0 Å². The number of rotatable bonds is 0. The van der Waals surface area contributed by atoms with Crippen LogP contribution in [0.3, 0.4) is 0 Å². The molecule has 3 fully saturated rings. The molecule has 0 aliphatic heterocycles. The van der Waals surface area contributed by atoms with Crippen LogP contribution in [0.2, 0.25) is 0 Å². The minimum Gasteiger partial charge on any atom is -0.393 e. The third-order valence-corrected chi connectivity index (χ3v) is 8.21. The summed E-state index contributed by atoms with van der Waals surface area (Å²) in [6.07, 6.45) is 8.62. The normalized spacial score (nSPS) is 55.2. The highest BCUT2D eigenvalue weighted by Crippen LogP contribution is 2.65. The number of nitrogens with zero attached hydrogens (tertiary/aromatic N) is 1. The fraction of sp³-hybridized carbons (Fsp3) is 0.850. The van der Waals surface area contributed by atoms with Crippen molar-refractivity contribution in [1.29, 1.82) is 5.26 Å². The second-order valence-corrected chi connectivity index (χ2v) is 9.11. The molecule has 0 heterocycles. The van der Waals surface area contributed by atoms with Gasteiger partial charge >= 0.3 is 0 Å². The minimum atomic E-state index is -0.315. The Morgan fingerprint density at radius 3 is 2.74 bits per heavy atom. The quantitative estimate of drug-likeness (QED) is 0.673. The maximum atomic E-state index is 10.6. The maximum absolute atomic E-state index is 10.6. The van der Waals surface area contributed by atoms with Crippen LogP contribution in [0.25, 0.3) is 0 Å². The monoisotopic (exact) mass is 315 g/mol. The number of aliphatic hydroxyl groups excluding tert-OH is 2. The van der Waals surface area contributed by atoms with Gasteiger partial charge in [0.1, 0.15) is 0 Å². The molecule has 0 bridgehead atoms. The molecule has 23 heavy (non-hydrogen) atoms. The fourth-order valence-electron chi connectivity index (χ4n) is 6.86. The molecular formula is C20H29NO2. The summed E-state index contributed by atoms with van der Waals surface area (Å²) >= 11 is 0. The van der Waals surface area contributed by atoms with Gasteiger partial charge in [0.25, 0.3) is 0 Å². The van der Waals surface area contributed by atoms with Crippen LogP contribution in [-0.2, 0) is 0 Å². The average Bonchev–Trinajstić information content (AvgIpc) is 2.79. The number of fused-ring (bicyclic) bond motifs is 5. The predicted molar refractivity (Wildman–Crippen MR) is 88.2 cm³/mol. The number of allylic oxidation sites excluding steroid dienone is 1. The lowest BCUT2D eigenvalue weighted by Gasteiger charge is -2.57. The topological polar surface area (TPSA) is 64.2 Å². The zero-order valence-corrected chi connectivity index (χ0v) is 14.3. The molecule has 3 heteroatoms.